The first-order valence-corrected chi connectivity index (χ1v) is 11.2. The number of nitrogens with zero attached hydrogens (tertiary/aromatic N) is 5. The number of alkyl halides is 3. The molecule has 2 aromatic carbocycles. The van der Waals surface area contributed by atoms with E-state index >= 15 is 0 Å². The Morgan fingerprint density at radius 1 is 1.15 bits per heavy atom. The van der Waals surface area contributed by atoms with Gasteiger partial charge >= 0.3 is 6.18 Å². The van der Waals surface area contributed by atoms with Gasteiger partial charge in [-0.3, -0.25) is 4.79 Å². The number of benzene rings is 2. The average Bonchev–Trinajstić information content (AvgIpc) is 3.27. The maximum absolute atomic E-state index is 13.3. The Kier molecular flexibility index (Phi) is 7.05. The molecule has 2 heterocycles. The molecule has 1 saturated heterocycles. The van der Waals surface area contributed by atoms with E-state index in [1.165, 1.54) is 10.7 Å². The molecule has 4 rings (SSSR count). The van der Waals surface area contributed by atoms with Gasteiger partial charge in [0.25, 0.3) is 0 Å². The third kappa shape index (κ3) is 5.75. The molecular weight excluding hydrogens is 481 g/mol. The van der Waals surface area contributed by atoms with E-state index in [0.29, 0.717) is 47.9 Å². The van der Waals surface area contributed by atoms with Crippen molar-refractivity contribution in [1.29, 1.82) is 0 Å². The fourth-order valence-corrected chi connectivity index (χ4v) is 4.04. The van der Waals surface area contributed by atoms with E-state index < -0.39 is 17.6 Å². The van der Waals surface area contributed by atoms with Gasteiger partial charge < -0.3 is 15.0 Å². The van der Waals surface area contributed by atoms with Gasteiger partial charge in [0.1, 0.15) is 0 Å². The van der Waals surface area contributed by atoms with Crippen LogP contribution < -0.4 is 10.2 Å². The molecule has 33 heavy (non-hydrogen) atoms. The minimum Gasteiger partial charge on any atom is -0.378 e. The Bertz CT molecular complexity index is 1120. The summed E-state index contributed by atoms with van der Waals surface area (Å²) in [6, 6.07) is 10.1. The molecule has 0 aliphatic carbocycles. The zero-order valence-electron chi connectivity index (χ0n) is 17.0. The van der Waals surface area contributed by atoms with Crippen molar-refractivity contribution in [2.45, 2.75) is 11.3 Å². The molecular formula is C20H18ClF3N6O2S. The topological polar surface area (TPSA) is 85.2 Å². The number of carbonyl (C=O) groups excluding carboxylic acids is 1. The third-order valence-electron chi connectivity index (χ3n) is 4.79. The summed E-state index contributed by atoms with van der Waals surface area (Å²) in [5.41, 5.74) is 0.416. The monoisotopic (exact) mass is 498 g/mol. The molecule has 1 aliphatic rings. The normalized spacial score (nSPS) is 14.4. The smallest absolute Gasteiger partial charge is 0.378 e. The van der Waals surface area contributed by atoms with Crippen molar-refractivity contribution in [3.8, 4) is 5.69 Å². The Hall–Kier alpha value is -2.83. The zero-order chi connectivity index (χ0) is 23.4. The number of amides is 1. The molecule has 3 aromatic rings. The zero-order valence-corrected chi connectivity index (χ0v) is 18.6. The van der Waals surface area contributed by atoms with Crippen molar-refractivity contribution in [2.24, 2.45) is 0 Å². The largest absolute Gasteiger partial charge is 0.416 e. The molecule has 0 bridgehead atoms. The van der Waals surface area contributed by atoms with Gasteiger partial charge in [0, 0.05) is 18.1 Å². The number of hydrogen-bond donors (Lipinski definition) is 1. The molecule has 0 unspecified atom stereocenters. The van der Waals surface area contributed by atoms with Crippen LogP contribution in [0.2, 0.25) is 5.02 Å². The number of hydrogen-bond acceptors (Lipinski definition) is 7. The highest BCUT2D eigenvalue weighted by Gasteiger charge is 2.32. The number of rotatable bonds is 6. The molecule has 8 nitrogen and oxygen atoms in total. The van der Waals surface area contributed by atoms with Crippen LogP contribution in [0.25, 0.3) is 5.69 Å². The Balaban J connectivity index is 1.49. The van der Waals surface area contributed by atoms with Crippen LogP contribution in [-0.4, -0.2) is 58.2 Å². The Labute approximate surface area is 196 Å². The van der Waals surface area contributed by atoms with Gasteiger partial charge in [-0.05, 0) is 52.9 Å². The maximum atomic E-state index is 13.3. The van der Waals surface area contributed by atoms with E-state index in [1.807, 2.05) is 4.90 Å². The van der Waals surface area contributed by atoms with Crippen LogP contribution in [0.15, 0.2) is 47.6 Å². The lowest BCUT2D eigenvalue weighted by atomic mass is 10.1. The molecule has 1 fully saturated rings. The van der Waals surface area contributed by atoms with Crippen LogP contribution in [0.4, 0.5) is 24.5 Å². The first-order valence-electron chi connectivity index (χ1n) is 9.82. The fourth-order valence-electron chi connectivity index (χ4n) is 3.22. The number of morpholine rings is 1. The molecule has 0 atom stereocenters. The second-order valence-electron chi connectivity index (χ2n) is 7.02. The number of aromatic nitrogens is 4. The molecule has 0 spiro atoms. The van der Waals surface area contributed by atoms with E-state index in [-0.39, 0.29) is 11.4 Å². The van der Waals surface area contributed by atoms with Crippen molar-refractivity contribution < 1.29 is 22.7 Å². The Morgan fingerprint density at radius 2 is 1.88 bits per heavy atom. The van der Waals surface area contributed by atoms with Gasteiger partial charge in [-0.1, -0.05) is 23.4 Å². The van der Waals surface area contributed by atoms with Crippen LogP contribution in [-0.2, 0) is 15.7 Å². The quantitative estimate of drug-likeness (QED) is 0.516. The molecule has 174 valence electrons. The van der Waals surface area contributed by atoms with Gasteiger partial charge in [-0.25, -0.2) is 0 Å². The van der Waals surface area contributed by atoms with Crippen LogP contribution in [0.3, 0.4) is 0 Å². The summed E-state index contributed by atoms with van der Waals surface area (Å²) in [5.74, 6) is -0.591. The summed E-state index contributed by atoms with van der Waals surface area (Å²) in [4.78, 5) is 14.5. The standard InChI is InChI=1S/C20H18ClF3N6O2S/c21-14-2-4-15(5-3-14)30-19(26-27-28-30)33-12-18(31)25-16-11-13(20(22,23)24)1-6-17(16)29-7-9-32-10-8-29/h1-6,11H,7-10,12H2,(H,25,31). The molecule has 0 radical (unpaired) electrons. The summed E-state index contributed by atoms with van der Waals surface area (Å²) in [5, 5.41) is 15.0. The lowest BCUT2D eigenvalue weighted by molar-refractivity contribution is -0.137. The summed E-state index contributed by atoms with van der Waals surface area (Å²) in [6.07, 6.45) is -4.53. The number of anilines is 2. The van der Waals surface area contributed by atoms with Crippen molar-refractivity contribution in [1.82, 2.24) is 20.2 Å². The highest BCUT2D eigenvalue weighted by molar-refractivity contribution is 7.99. The second kappa shape index (κ2) is 9.98. The minimum atomic E-state index is -4.53. The predicted octanol–water partition coefficient (Wildman–Crippen LogP) is 3.90. The van der Waals surface area contributed by atoms with Gasteiger partial charge in [-0.2, -0.15) is 17.9 Å². The summed E-state index contributed by atoms with van der Waals surface area (Å²) in [6.45, 7) is 1.94. The molecule has 1 N–H and O–H groups in total. The summed E-state index contributed by atoms with van der Waals surface area (Å²) < 4.78 is 46.5. The van der Waals surface area contributed by atoms with E-state index in [1.54, 1.807) is 24.3 Å². The van der Waals surface area contributed by atoms with E-state index in [4.69, 9.17) is 16.3 Å². The highest BCUT2D eigenvalue weighted by Crippen LogP contribution is 2.36. The lowest BCUT2D eigenvalue weighted by Gasteiger charge is -2.31. The highest BCUT2D eigenvalue weighted by atomic mass is 35.5. The van der Waals surface area contributed by atoms with Crippen molar-refractivity contribution in [2.75, 3.05) is 42.3 Å². The van der Waals surface area contributed by atoms with Gasteiger partial charge in [0.2, 0.25) is 11.1 Å². The lowest BCUT2D eigenvalue weighted by Crippen LogP contribution is -2.37. The maximum Gasteiger partial charge on any atom is 0.416 e. The average molecular weight is 499 g/mol. The predicted molar refractivity (Wildman–Crippen MR) is 118 cm³/mol. The molecule has 1 aromatic heterocycles. The number of halogens is 4. The van der Waals surface area contributed by atoms with E-state index in [2.05, 4.69) is 20.8 Å². The van der Waals surface area contributed by atoms with E-state index in [9.17, 15) is 18.0 Å². The second-order valence-corrected chi connectivity index (χ2v) is 8.39. The van der Waals surface area contributed by atoms with Crippen LogP contribution >= 0.6 is 23.4 Å². The van der Waals surface area contributed by atoms with Gasteiger partial charge in [0.05, 0.1) is 41.6 Å². The van der Waals surface area contributed by atoms with Crippen molar-refractivity contribution in [3.05, 3.63) is 53.1 Å². The third-order valence-corrected chi connectivity index (χ3v) is 5.97. The number of carbonyl (C=O) groups is 1. The molecule has 1 amide bonds. The molecule has 0 saturated carbocycles. The fraction of sp³-hybridized carbons (Fsp3) is 0.300. The van der Waals surface area contributed by atoms with Crippen molar-refractivity contribution >= 4 is 40.6 Å². The summed E-state index contributed by atoms with van der Waals surface area (Å²) in [7, 11) is 0. The molecule has 1 aliphatic heterocycles. The molecule has 13 heteroatoms. The Morgan fingerprint density at radius 3 is 2.58 bits per heavy atom. The van der Waals surface area contributed by atoms with Crippen LogP contribution in [0, 0.1) is 0 Å². The summed E-state index contributed by atoms with van der Waals surface area (Å²) >= 11 is 6.96. The van der Waals surface area contributed by atoms with Crippen LogP contribution in [0.1, 0.15) is 5.56 Å². The number of ether oxygens (including phenoxy) is 1. The number of tetrazole rings is 1. The van der Waals surface area contributed by atoms with Crippen molar-refractivity contribution in [3.63, 3.8) is 0 Å². The van der Waals surface area contributed by atoms with E-state index in [0.717, 1.165) is 23.9 Å². The number of thioether (sulfide) groups is 1. The van der Waals surface area contributed by atoms with Gasteiger partial charge in [0.15, 0.2) is 0 Å². The number of nitrogens with one attached hydrogen (secondary N) is 1. The SMILES string of the molecule is O=C(CSc1nnnn1-c1ccc(Cl)cc1)Nc1cc(C(F)(F)F)ccc1N1CCOCC1. The van der Waals surface area contributed by atoms with Crippen LogP contribution in [0.5, 0.6) is 0 Å². The minimum absolute atomic E-state index is 0.0922. The first-order chi connectivity index (χ1) is 15.8. The van der Waals surface area contributed by atoms with Gasteiger partial charge in [-0.15, -0.1) is 5.10 Å². The first kappa shape index (κ1) is 23.3.